The summed E-state index contributed by atoms with van der Waals surface area (Å²) in [5.74, 6) is 0.927. The molecule has 9 aromatic rings. The van der Waals surface area contributed by atoms with Crippen molar-refractivity contribution >= 4 is 41.1 Å². The summed E-state index contributed by atoms with van der Waals surface area (Å²) >= 11 is 0. The molecule has 7 nitrogen and oxygen atoms in total. The number of para-hydroxylation sites is 1. The maximum Gasteiger partial charge on any atom is 0.224 e. The van der Waals surface area contributed by atoms with Gasteiger partial charge in [0.1, 0.15) is 23.5 Å². The molecule has 0 bridgehead atoms. The molecule has 0 radical (unpaired) electrons. The van der Waals surface area contributed by atoms with Gasteiger partial charge in [0.2, 0.25) is 5.71 Å². The Morgan fingerprint density at radius 3 is 2.08 bits per heavy atom. The average Bonchev–Trinajstić information content (AvgIpc) is 3.93. The van der Waals surface area contributed by atoms with E-state index in [-0.39, 0.29) is 43.1 Å². The summed E-state index contributed by atoms with van der Waals surface area (Å²) in [7, 11) is -1.72. The van der Waals surface area contributed by atoms with Gasteiger partial charge in [-0.15, -0.1) is 29.3 Å². The molecule has 0 aliphatic heterocycles. The van der Waals surface area contributed by atoms with Crippen molar-refractivity contribution in [2.45, 2.75) is 98.2 Å². The second kappa shape index (κ2) is 15.6. The average molecular weight is 1030 g/mol. The Morgan fingerprint density at radius 1 is 0.698 bits per heavy atom. The first-order chi connectivity index (χ1) is 29.2. The number of nitrogens with zero attached hydrogens (tertiary/aromatic N) is 5. The predicted molar refractivity (Wildman–Crippen MR) is 259 cm³/mol. The van der Waals surface area contributed by atoms with Crippen LogP contribution in [0.25, 0.3) is 78.4 Å². The van der Waals surface area contributed by atoms with E-state index < -0.39 is 8.07 Å². The zero-order valence-electron chi connectivity index (χ0n) is 38.4. The van der Waals surface area contributed by atoms with Gasteiger partial charge in [-0.05, 0) is 51.6 Å². The molecule has 9 heteroatoms. The molecule has 0 spiro atoms. The molecule has 0 amide bonds. The minimum atomic E-state index is -1.72. The molecule has 0 aliphatic rings. The number of fused-ring (bicyclic) bond motifs is 4. The second-order valence-corrected chi connectivity index (χ2v) is 25.9. The van der Waals surface area contributed by atoms with Crippen LogP contribution in [0.15, 0.2) is 120 Å². The molecule has 324 valence electrons. The van der Waals surface area contributed by atoms with Crippen LogP contribution in [0.1, 0.15) is 79.0 Å². The van der Waals surface area contributed by atoms with Crippen LogP contribution < -0.4 is 5.19 Å². The second-order valence-electron chi connectivity index (χ2n) is 20.9. The molecule has 0 fully saturated rings. The van der Waals surface area contributed by atoms with Gasteiger partial charge in [-0.1, -0.05) is 159 Å². The van der Waals surface area contributed by atoms with Crippen LogP contribution >= 0.6 is 0 Å². The number of rotatable bonds is 6. The fraction of sp³-hybridized carbons (Fsp3) is 0.278. The molecular formula is C54H56N5O2PtSi-. The quantitative estimate of drug-likeness (QED) is 0.133. The van der Waals surface area contributed by atoms with Crippen molar-refractivity contribution in [2.75, 3.05) is 0 Å². The van der Waals surface area contributed by atoms with E-state index in [1.165, 1.54) is 5.19 Å². The summed E-state index contributed by atoms with van der Waals surface area (Å²) in [4.78, 5) is 15.0. The first-order valence-electron chi connectivity index (χ1n) is 21.6. The molecule has 5 aromatic carbocycles. The van der Waals surface area contributed by atoms with Crippen molar-refractivity contribution in [1.29, 1.82) is 0 Å². The van der Waals surface area contributed by atoms with Gasteiger partial charge in [0, 0.05) is 44.1 Å². The molecule has 1 N–H and O–H groups in total. The molecule has 9 rings (SSSR count). The SMILES string of the molecule is CC(C)(C)c1cc(-c2cccc3c2nc(-c2cc(C(C)(C)C)cc(C(C)(C)C)c2O)n3-c2ccc([Si](C)(C)C)cc2-c2ccccc2)[c-]c(-c2nccc3oc4cncn4c23)c1.[Pt]. The molecule has 0 saturated heterocycles. The van der Waals surface area contributed by atoms with E-state index in [9.17, 15) is 5.11 Å². The molecule has 0 atom stereocenters. The standard InChI is InChI=1S/C54H56N5O2Si.Pt/c1-52(2,3)36-26-34(25-35(27-36)47-49-45(23-24-56-47)61-46-31-55-32-58(46)49)39-19-16-20-44-48(39)57-51(41-28-37(53(4,5)6)29-42(50(41)60)54(7,8)9)59(44)43-22-21-38(62(10,11)12)30-40(43)33-17-14-13-15-18-33;/h13-24,26-32,60H,1-12H3;/q-1;. The van der Waals surface area contributed by atoms with Crippen molar-refractivity contribution < 1.29 is 30.6 Å². The predicted octanol–water partition coefficient (Wildman–Crippen LogP) is 13.4. The van der Waals surface area contributed by atoms with Crippen molar-refractivity contribution in [3.63, 3.8) is 0 Å². The van der Waals surface area contributed by atoms with E-state index in [0.29, 0.717) is 17.1 Å². The molecule has 0 unspecified atom stereocenters. The number of oxazole rings is 1. The monoisotopic (exact) mass is 1030 g/mol. The summed E-state index contributed by atoms with van der Waals surface area (Å²) in [5, 5.41) is 13.9. The molecular weight excluding hydrogens is 974 g/mol. The van der Waals surface area contributed by atoms with Gasteiger partial charge >= 0.3 is 0 Å². The van der Waals surface area contributed by atoms with E-state index >= 15 is 0 Å². The van der Waals surface area contributed by atoms with Gasteiger partial charge in [-0.2, -0.15) is 0 Å². The van der Waals surface area contributed by atoms with E-state index in [1.54, 1.807) is 18.7 Å². The largest absolute Gasteiger partial charge is 0.507 e. The van der Waals surface area contributed by atoms with Crippen molar-refractivity contribution in [1.82, 2.24) is 23.9 Å². The van der Waals surface area contributed by atoms with Gasteiger partial charge in [0.25, 0.3) is 0 Å². The summed E-state index contributed by atoms with van der Waals surface area (Å²) < 4.78 is 10.4. The molecule has 0 saturated carbocycles. The van der Waals surface area contributed by atoms with Crippen LogP contribution in [0.3, 0.4) is 0 Å². The summed E-state index contributed by atoms with van der Waals surface area (Å²) in [6, 6.07) is 38.5. The van der Waals surface area contributed by atoms with Crippen LogP contribution in [-0.2, 0) is 37.3 Å². The zero-order chi connectivity index (χ0) is 44.1. The third-order valence-electron chi connectivity index (χ3n) is 12.1. The van der Waals surface area contributed by atoms with Crippen molar-refractivity contribution in [3.8, 4) is 56.3 Å². The molecule has 4 heterocycles. The normalized spacial score (nSPS) is 12.7. The van der Waals surface area contributed by atoms with Gasteiger partial charge in [-0.25, -0.2) is 9.97 Å². The van der Waals surface area contributed by atoms with Gasteiger partial charge in [0.15, 0.2) is 0 Å². The Morgan fingerprint density at radius 2 is 1.40 bits per heavy atom. The fourth-order valence-corrected chi connectivity index (χ4v) is 9.62. The maximum atomic E-state index is 12.5. The van der Waals surface area contributed by atoms with E-state index in [2.05, 4.69) is 189 Å². The number of aromatic nitrogens is 5. The summed E-state index contributed by atoms with van der Waals surface area (Å²) in [6.07, 6.45) is 5.28. The number of imidazole rings is 2. The van der Waals surface area contributed by atoms with Gasteiger partial charge in [0.05, 0.1) is 42.1 Å². The van der Waals surface area contributed by atoms with E-state index in [1.807, 2.05) is 10.5 Å². The number of hydrogen-bond donors (Lipinski definition) is 1. The fourth-order valence-electron chi connectivity index (χ4n) is 8.46. The summed E-state index contributed by atoms with van der Waals surface area (Å²) in [5.41, 5.74) is 13.8. The first-order valence-corrected chi connectivity index (χ1v) is 25.1. The minimum absolute atomic E-state index is 0. The smallest absolute Gasteiger partial charge is 0.224 e. The van der Waals surface area contributed by atoms with Crippen molar-refractivity contribution in [2.24, 2.45) is 0 Å². The Kier molecular flexibility index (Phi) is 10.9. The Balaban J connectivity index is 0.00000544. The molecule has 4 aromatic heterocycles. The summed E-state index contributed by atoms with van der Waals surface area (Å²) in [6.45, 7) is 27.0. The van der Waals surface area contributed by atoms with E-state index in [0.717, 1.165) is 78.0 Å². The first kappa shape index (κ1) is 44.1. The number of aromatic hydroxyl groups is 1. The van der Waals surface area contributed by atoms with Crippen LogP contribution in [-0.4, -0.2) is 37.1 Å². The van der Waals surface area contributed by atoms with Gasteiger partial charge in [-0.3, -0.25) is 14.0 Å². The van der Waals surface area contributed by atoms with E-state index in [4.69, 9.17) is 14.4 Å². The maximum absolute atomic E-state index is 12.5. The topological polar surface area (TPSA) is 81.4 Å². The van der Waals surface area contributed by atoms with Crippen molar-refractivity contribution in [3.05, 3.63) is 139 Å². The number of hydrogen-bond acceptors (Lipinski definition) is 5. The number of benzene rings is 5. The Hall–Kier alpha value is -5.56. The van der Waals surface area contributed by atoms with Crippen LogP contribution in [0.2, 0.25) is 19.6 Å². The number of phenols is 1. The number of pyridine rings is 1. The van der Waals surface area contributed by atoms with Crippen LogP contribution in [0.5, 0.6) is 5.75 Å². The Labute approximate surface area is 386 Å². The van der Waals surface area contributed by atoms with Crippen LogP contribution in [0, 0.1) is 6.07 Å². The minimum Gasteiger partial charge on any atom is -0.507 e. The van der Waals surface area contributed by atoms with Crippen LogP contribution in [0.4, 0.5) is 0 Å². The number of phenolic OH excluding ortho intramolecular Hbond substituents is 1. The molecule has 0 aliphatic carbocycles. The third-order valence-corrected chi connectivity index (χ3v) is 14.2. The zero-order valence-corrected chi connectivity index (χ0v) is 41.6. The Bertz CT molecular complexity index is 3190. The molecule has 63 heavy (non-hydrogen) atoms. The third kappa shape index (κ3) is 7.91. The van der Waals surface area contributed by atoms with Gasteiger partial charge < -0.3 is 9.52 Å².